The predicted molar refractivity (Wildman–Crippen MR) is 64.9 cm³/mol. The van der Waals surface area contributed by atoms with Crippen LogP contribution in [0.4, 0.5) is 18.9 Å². The maximum absolute atomic E-state index is 11.9. The van der Waals surface area contributed by atoms with Gasteiger partial charge in [-0.1, -0.05) is 18.2 Å². The second kappa shape index (κ2) is 5.83. The number of nitrogens with one attached hydrogen (secondary N) is 1. The molecule has 4 nitrogen and oxygen atoms in total. The van der Waals surface area contributed by atoms with Crippen LogP contribution in [0.25, 0.3) is 10.9 Å². The topological polar surface area (TPSA) is 47.0 Å². The van der Waals surface area contributed by atoms with Crippen LogP contribution in [0.5, 0.6) is 0 Å². The molecule has 0 radical (unpaired) electrons. The van der Waals surface area contributed by atoms with Gasteiger partial charge in [-0.2, -0.15) is 23.4 Å². The van der Waals surface area contributed by atoms with Crippen molar-refractivity contribution >= 4 is 16.6 Å². The van der Waals surface area contributed by atoms with E-state index in [1.54, 1.807) is 0 Å². The van der Waals surface area contributed by atoms with Crippen LogP contribution in [0.2, 0.25) is 0 Å². The molecule has 1 aromatic heterocycles. The molecular weight excluding hydrogens is 259 g/mol. The molecule has 0 saturated carbocycles. The molecule has 0 bridgehead atoms. The molecule has 1 aromatic carbocycles. The Morgan fingerprint density at radius 2 is 2.00 bits per heavy atom. The van der Waals surface area contributed by atoms with Gasteiger partial charge in [0, 0.05) is 11.9 Å². The lowest BCUT2D eigenvalue weighted by Gasteiger charge is -2.10. The first-order chi connectivity index (χ1) is 9.06. The van der Waals surface area contributed by atoms with E-state index in [9.17, 15) is 13.2 Å². The van der Waals surface area contributed by atoms with Crippen molar-refractivity contribution in [3.63, 3.8) is 0 Å². The minimum atomic E-state index is -4.29. The van der Waals surface area contributed by atoms with Crippen LogP contribution >= 0.6 is 0 Å². The summed E-state index contributed by atoms with van der Waals surface area (Å²) in [6, 6.07) is 7.37. The van der Waals surface area contributed by atoms with Gasteiger partial charge in [0.1, 0.15) is 6.61 Å². The smallest absolute Gasteiger partial charge is 0.381 e. The van der Waals surface area contributed by atoms with E-state index in [1.807, 2.05) is 24.3 Å². The molecule has 0 spiro atoms. The molecular formula is C12H12F3N3O. The Bertz CT molecular complexity index is 540. The van der Waals surface area contributed by atoms with Crippen LogP contribution < -0.4 is 5.32 Å². The lowest BCUT2D eigenvalue weighted by molar-refractivity contribution is -0.172. The normalized spacial score (nSPS) is 11.7. The Morgan fingerprint density at radius 3 is 2.79 bits per heavy atom. The summed E-state index contributed by atoms with van der Waals surface area (Å²) in [7, 11) is 0. The number of nitrogens with zero attached hydrogens (tertiary/aromatic N) is 2. The summed E-state index contributed by atoms with van der Waals surface area (Å²) in [5.41, 5.74) is 1.45. The van der Waals surface area contributed by atoms with E-state index in [0.717, 1.165) is 16.6 Å². The highest BCUT2D eigenvalue weighted by Crippen LogP contribution is 2.19. The molecule has 0 saturated heterocycles. The van der Waals surface area contributed by atoms with Crippen LogP contribution in [-0.4, -0.2) is 36.1 Å². The van der Waals surface area contributed by atoms with Crippen LogP contribution in [-0.2, 0) is 4.74 Å². The minimum Gasteiger partial charge on any atom is -0.381 e. The van der Waals surface area contributed by atoms with Crippen molar-refractivity contribution in [3.8, 4) is 0 Å². The molecule has 0 aliphatic rings. The van der Waals surface area contributed by atoms with E-state index in [0.29, 0.717) is 0 Å². The van der Waals surface area contributed by atoms with Crippen LogP contribution in [0.1, 0.15) is 0 Å². The summed E-state index contributed by atoms with van der Waals surface area (Å²) in [6.07, 6.45) is -2.75. The molecule has 0 amide bonds. The fraction of sp³-hybridized carbons (Fsp3) is 0.333. The number of halogens is 3. The molecule has 1 N–H and O–H groups in total. The highest BCUT2D eigenvalue weighted by atomic mass is 19.4. The van der Waals surface area contributed by atoms with Crippen LogP contribution in [0, 0.1) is 0 Å². The molecule has 19 heavy (non-hydrogen) atoms. The number of rotatable bonds is 5. The second-order valence-electron chi connectivity index (χ2n) is 3.87. The fourth-order valence-electron chi connectivity index (χ4n) is 1.59. The SMILES string of the molecule is FC(F)(F)COCCNc1cnnc2ccccc12. The largest absolute Gasteiger partial charge is 0.411 e. The van der Waals surface area contributed by atoms with Gasteiger partial charge < -0.3 is 10.1 Å². The molecule has 0 fully saturated rings. The molecule has 2 rings (SSSR count). The number of fused-ring (bicyclic) bond motifs is 1. The Kier molecular flexibility index (Phi) is 4.16. The second-order valence-corrected chi connectivity index (χ2v) is 3.87. The maximum Gasteiger partial charge on any atom is 0.411 e. The van der Waals surface area contributed by atoms with E-state index in [2.05, 4.69) is 20.3 Å². The zero-order chi connectivity index (χ0) is 13.7. The summed E-state index contributed by atoms with van der Waals surface area (Å²) >= 11 is 0. The Morgan fingerprint density at radius 1 is 1.21 bits per heavy atom. The Labute approximate surface area is 107 Å². The zero-order valence-electron chi connectivity index (χ0n) is 9.94. The van der Waals surface area contributed by atoms with Crippen molar-refractivity contribution in [3.05, 3.63) is 30.5 Å². The van der Waals surface area contributed by atoms with Gasteiger partial charge in [0.2, 0.25) is 0 Å². The quantitative estimate of drug-likeness (QED) is 0.849. The molecule has 2 aromatic rings. The van der Waals surface area contributed by atoms with Gasteiger partial charge in [-0.05, 0) is 6.07 Å². The number of hydrogen-bond acceptors (Lipinski definition) is 4. The van der Waals surface area contributed by atoms with E-state index in [1.165, 1.54) is 6.20 Å². The number of benzene rings is 1. The van der Waals surface area contributed by atoms with Crippen molar-refractivity contribution in [2.75, 3.05) is 25.1 Å². The van der Waals surface area contributed by atoms with Gasteiger partial charge in [0.05, 0.1) is 24.0 Å². The molecule has 0 aliphatic carbocycles. The van der Waals surface area contributed by atoms with Gasteiger partial charge in [-0.15, -0.1) is 0 Å². The van der Waals surface area contributed by atoms with E-state index in [-0.39, 0.29) is 13.2 Å². The highest BCUT2D eigenvalue weighted by Gasteiger charge is 2.27. The minimum absolute atomic E-state index is 0.0316. The molecule has 102 valence electrons. The van der Waals surface area contributed by atoms with Crippen molar-refractivity contribution in [2.24, 2.45) is 0 Å². The predicted octanol–water partition coefficient (Wildman–Crippen LogP) is 2.62. The van der Waals surface area contributed by atoms with Gasteiger partial charge in [-0.3, -0.25) is 0 Å². The van der Waals surface area contributed by atoms with Crippen molar-refractivity contribution < 1.29 is 17.9 Å². The molecule has 0 unspecified atom stereocenters. The zero-order valence-corrected chi connectivity index (χ0v) is 9.94. The Balaban J connectivity index is 1.88. The third-order valence-corrected chi connectivity index (χ3v) is 2.37. The van der Waals surface area contributed by atoms with Crippen LogP contribution in [0.3, 0.4) is 0 Å². The summed E-state index contributed by atoms with van der Waals surface area (Å²) in [4.78, 5) is 0. The fourth-order valence-corrected chi connectivity index (χ4v) is 1.59. The average molecular weight is 271 g/mol. The molecule has 0 atom stereocenters. The molecule has 0 aliphatic heterocycles. The van der Waals surface area contributed by atoms with Crippen molar-refractivity contribution in [1.82, 2.24) is 10.2 Å². The lowest BCUT2D eigenvalue weighted by atomic mass is 10.2. The number of anilines is 1. The van der Waals surface area contributed by atoms with E-state index < -0.39 is 12.8 Å². The van der Waals surface area contributed by atoms with Crippen LogP contribution in [0.15, 0.2) is 30.5 Å². The molecule has 7 heteroatoms. The summed E-state index contributed by atoms with van der Waals surface area (Å²) < 4.78 is 40.1. The highest BCUT2D eigenvalue weighted by molar-refractivity contribution is 5.90. The third-order valence-electron chi connectivity index (χ3n) is 2.37. The first-order valence-corrected chi connectivity index (χ1v) is 5.65. The number of ether oxygens (including phenoxy) is 1. The monoisotopic (exact) mass is 271 g/mol. The van der Waals surface area contributed by atoms with Crippen molar-refractivity contribution in [1.29, 1.82) is 0 Å². The first kappa shape index (κ1) is 13.5. The maximum atomic E-state index is 11.9. The summed E-state index contributed by atoms with van der Waals surface area (Å²) in [5, 5.41) is 11.6. The first-order valence-electron chi connectivity index (χ1n) is 5.65. The lowest BCUT2D eigenvalue weighted by Crippen LogP contribution is -2.20. The number of hydrogen-bond donors (Lipinski definition) is 1. The number of alkyl halides is 3. The van der Waals surface area contributed by atoms with Crippen molar-refractivity contribution in [2.45, 2.75) is 6.18 Å². The third kappa shape index (κ3) is 4.06. The average Bonchev–Trinajstić information content (AvgIpc) is 2.37. The standard InChI is InChI=1S/C12H12F3N3O/c13-12(14,15)8-19-6-5-16-11-7-17-18-10-4-2-1-3-9(10)11/h1-4,7H,5-6,8H2,(H,16,18). The van der Waals surface area contributed by atoms with Gasteiger partial charge >= 0.3 is 6.18 Å². The van der Waals surface area contributed by atoms with E-state index in [4.69, 9.17) is 0 Å². The van der Waals surface area contributed by atoms with E-state index >= 15 is 0 Å². The Hall–Kier alpha value is -1.89. The van der Waals surface area contributed by atoms with Gasteiger partial charge in [-0.25, -0.2) is 0 Å². The number of aromatic nitrogens is 2. The summed E-state index contributed by atoms with van der Waals surface area (Å²) in [5.74, 6) is 0. The summed E-state index contributed by atoms with van der Waals surface area (Å²) in [6.45, 7) is -0.994. The van der Waals surface area contributed by atoms with Gasteiger partial charge in [0.25, 0.3) is 0 Å². The molecule has 1 heterocycles. The van der Waals surface area contributed by atoms with Gasteiger partial charge in [0.15, 0.2) is 0 Å².